The molecular weight excluding hydrogens is 202 g/mol. The fourth-order valence-corrected chi connectivity index (χ4v) is 1.45. The zero-order valence-electron chi connectivity index (χ0n) is 11.3. The first-order valence-corrected chi connectivity index (χ1v) is 6.70. The smallest absolute Gasteiger partial charge is 0.0700 e. The van der Waals surface area contributed by atoms with Crippen molar-refractivity contribution < 1.29 is 9.47 Å². The van der Waals surface area contributed by atoms with E-state index in [0.29, 0.717) is 6.04 Å². The van der Waals surface area contributed by atoms with E-state index in [4.69, 9.17) is 9.47 Å². The predicted molar refractivity (Wildman–Crippen MR) is 68.9 cm³/mol. The van der Waals surface area contributed by atoms with Crippen molar-refractivity contribution in [3.05, 3.63) is 0 Å². The van der Waals surface area contributed by atoms with Gasteiger partial charge in [-0.15, -0.1) is 0 Å². The van der Waals surface area contributed by atoms with Crippen LogP contribution in [0.15, 0.2) is 0 Å². The molecule has 98 valence electrons. The fourth-order valence-electron chi connectivity index (χ4n) is 1.45. The molecule has 0 spiro atoms. The van der Waals surface area contributed by atoms with E-state index in [9.17, 15) is 0 Å². The first-order chi connectivity index (χ1) is 7.81. The third kappa shape index (κ3) is 12.0. The molecule has 1 unspecified atom stereocenters. The Morgan fingerprint density at radius 3 is 2.25 bits per heavy atom. The maximum atomic E-state index is 5.48. The van der Waals surface area contributed by atoms with Crippen LogP contribution < -0.4 is 5.32 Å². The van der Waals surface area contributed by atoms with Crippen LogP contribution in [-0.4, -0.2) is 39.0 Å². The van der Waals surface area contributed by atoms with Crippen LogP contribution in [0.5, 0.6) is 0 Å². The van der Waals surface area contributed by atoms with Gasteiger partial charge in [0.15, 0.2) is 0 Å². The maximum Gasteiger partial charge on any atom is 0.0700 e. The van der Waals surface area contributed by atoms with Gasteiger partial charge >= 0.3 is 0 Å². The highest BCUT2D eigenvalue weighted by atomic mass is 16.5. The van der Waals surface area contributed by atoms with E-state index in [-0.39, 0.29) is 0 Å². The predicted octanol–water partition coefficient (Wildman–Crippen LogP) is 2.60. The molecule has 1 N–H and O–H groups in total. The topological polar surface area (TPSA) is 30.5 Å². The van der Waals surface area contributed by atoms with Crippen LogP contribution in [0.1, 0.15) is 46.5 Å². The summed E-state index contributed by atoms with van der Waals surface area (Å²) in [6, 6.07) is 0.611. The first kappa shape index (κ1) is 15.9. The first-order valence-electron chi connectivity index (χ1n) is 6.70. The molecule has 0 saturated heterocycles. The lowest BCUT2D eigenvalue weighted by molar-refractivity contribution is 0.0461. The molecule has 0 aliphatic heterocycles. The quantitative estimate of drug-likeness (QED) is 0.524. The normalized spacial score (nSPS) is 12.9. The third-order valence-corrected chi connectivity index (χ3v) is 2.39. The van der Waals surface area contributed by atoms with Gasteiger partial charge in [0.2, 0.25) is 0 Å². The van der Waals surface area contributed by atoms with Gasteiger partial charge in [-0.1, -0.05) is 13.8 Å². The average Bonchev–Trinajstić information content (AvgIpc) is 2.30. The molecule has 0 aromatic rings. The Labute approximate surface area is 101 Å². The molecule has 16 heavy (non-hydrogen) atoms. The van der Waals surface area contributed by atoms with Crippen LogP contribution in [0.4, 0.5) is 0 Å². The van der Waals surface area contributed by atoms with Gasteiger partial charge in [0.1, 0.15) is 0 Å². The van der Waals surface area contributed by atoms with E-state index in [0.717, 1.165) is 45.8 Å². The molecule has 0 aliphatic rings. The highest BCUT2D eigenvalue weighted by molar-refractivity contribution is 4.59. The number of hydrogen-bond donors (Lipinski definition) is 1. The number of nitrogens with one attached hydrogen (secondary N) is 1. The second-order valence-electron chi connectivity index (χ2n) is 4.22. The molecule has 0 bridgehead atoms. The molecule has 0 aromatic carbocycles. The van der Waals surface area contributed by atoms with Crippen LogP contribution in [0, 0.1) is 0 Å². The molecule has 0 aromatic heterocycles. The highest BCUT2D eigenvalue weighted by Crippen LogP contribution is 1.97. The molecule has 0 saturated carbocycles. The average molecular weight is 231 g/mol. The Bertz CT molecular complexity index is 131. The van der Waals surface area contributed by atoms with Crippen molar-refractivity contribution in [3.8, 4) is 0 Å². The number of ether oxygens (including phenoxy) is 2. The van der Waals surface area contributed by atoms with Crippen molar-refractivity contribution in [2.75, 3.05) is 33.0 Å². The summed E-state index contributed by atoms with van der Waals surface area (Å²) in [7, 11) is 0. The molecule has 0 radical (unpaired) electrons. The third-order valence-electron chi connectivity index (χ3n) is 2.39. The lowest BCUT2D eigenvalue weighted by Gasteiger charge is -2.12. The molecule has 3 heteroatoms. The van der Waals surface area contributed by atoms with Gasteiger partial charge in [-0.2, -0.15) is 0 Å². The van der Waals surface area contributed by atoms with Gasteiger partial charge in [0, 0.05) is 19.3 Å². The van der Waals surface area contributed by atoms with E-state index >= 15 is 0 Å². The van der Waals surface area contributed by atoms with Crippen LogP contribution in [0.3, 0.4) is 0 Å². The molecule has 0 fully saturated rings. The van der Waals surface area contributed by atoms with Crippen LogP contribution in [-0.2, 0) is 9.47 Å². The minimum absolute atomic E-state index is 0.611. The van der Waals surface area contributed by atoms with Crippen LogP contribution in [0.2, 0.25) is 0 Å². The molecule has 0 aliphatic carbocycles. The zero-order valence-corrected chi connectivity index (χ0v) is 11.3. The second-order valence-corrected chi connectivity index (χ2v) is 4.22. The van der Waals surface area contributed by atoms with E-state index in [1.165, 1.54) is 12.8 Å². The van der Waals surface area contributed by atoms with Gasteiger partial charge in [-0.05, 0) is 39.2 Å². The van der Waals surface area contributed by atoms with Crippen molar-refractivity contribution in [1.29, 1.82) is 0 Å². The van der Waals surface area contributed by atoms with E-state index in [1.807, 2.05) is 0 Å². The summed E-state index contributed by atoms with van der Waals surface area (Å²) in [4.78, 5) is 0. The number of rotatable bonds is 12. The largest absolute Gasteiger partial charge is 0.379 e. The molecule has 1 atom stereocenters. The zero-order chi connectivity index (χ0) is 12.1. The Kier molecular flexibility index (Phi) is 12.9. The molecule has 0 heterocycles. The van der Waals surface area contributed by atoms with Gasteiger partial charge in [-0.3, -0.25) is 0 Å². The Hall–Kier alpha value is -0.120. The number of hydrogen-bond acceptors (Lipinski definition) is 3. The standard InChI is InChI=1S/C13H29NO2/c1-4-8-14-13(3)7-6-10-16-12-11-15-9-5-2/h13-14H,4-12H2,1-3H3. The fraction of sp³-hybridized carbons (Fsp3) is 1.00. The molecule has 0 amide bonds. The van der Waals surface area contributed by atoms with Gasteiger partial charge in [-0.25, -0.2) is 0 Å². The van der Waals surface area contributed by atoms with Gasteiger partial charge < -0.3 is 14.8 Å². The summed E-state index contributed by atoms with van der Waals surface area (Å²) >= 11 is 0. The van der Waals surface area contributed by atoms with Crippen molar-refractivity contribution >= 4 is 0 Å². The summed E-state index contributed by atoms with van der Waals surface area (Å²) in [5.41, 5.74) is 0. The van der Waals surface area contributed by atoms with E-state index < -0.39 is 0 Å². The summed E-state index contributed by atoms with van der Waals surface area (Å²) in [5, 5.41) is 3.47. The van der Waals surface area contributed by atoms with Crippen LogP contribution >= 0.6 is 0 Å². The summed E-state index contributed by atoms with van der Waals surface area (Å²) in [6.45, 7) is 10.8. The van der Waals surface area contributed by atoms with E-state index in [1.54, 1.807) is 0 Å². The Morgan fingerprint density at radius 2 is 1.62 bits per heavy atom. The van der Waals surface area contributed by atoms with Gasteiger partial charge in [0.25, 0.3) is 0 Å². The molecule has 0 rings (SSSR count). The minimum Gasteiger partial charge on any atom is -0.379 e. The van der Waals surface area contributed by atoms with Crippen LogP contribution in [0.25, 0.3) is 0 Å². The second kappa shape index (κ2) is 12.9. The minimum atomic E-state index is 0.611. The summed E-state index contributed by atoms with van der Waals surface area (Å²) in [5.74, 6) is 0. The van der Waals surface area contributed by atoms with Gasteiger partial charge in [0.05, 0.1) is 13.2 Å². The highest BCUT2D eigenvalue weighted by Gasteiger charge is 1.99. The van der Waals surface area contributed by atoms with Crippen molar-refractivity contribution in [1.82, 2.24) is 5.32 Å². The monoisotopic (exact) mass is 231 g/mol. The summed E-state index contributed by atoms with van der Waals surface area (Å²) < 4.78 is 10.8. The van der Waals surface area contributed by atoms with E-state index in [2.05, 4.69) is 26.1 Å². The van der Waals surface area contributed by atoms with Crippen molar-refractivity contribution in [2.24, 2.45) is 0 Å². The SMILES string of the molecule is CCCNC(C)CCCOCCOCCC. The Morgan fingerprint density at radius 1 is 0.938 bits per heavy atom. The summed E-state index contributed by atoms with van der Waals surface area (Å²) in [6.07, 6.45) is 4.61. The lowest BCUT2D eigenvalue weighted by atomic mass is 10.2. The maximum absolute atomic E-state index is 5.48. The lowest BCUT2D eigenvalue weighted by Crippen LogP contribution is -2.26. The van der Waals surface area contributed by atoms with Crippen molar-refractivity contribution in [2.45, 2.75) is 52.5 Å². The molecular formula is C13H29NO2. The molecule has 3 nitrogen and oxygen atoms in total. The van der Waals surface area contributed by atoms with Crippen molar-refractivity contribution in [3.63, 3.8) is 0 Å². The Balaban J connectivity index is 3.02.